The van der Waals surface area contributed by atoms with Crippen molar-refractivity contribution in [1.82, 2.24) is 20.2 Å². The minimum Gasteiger partial charge on any atom is -0.325 e. The van der Waals surface area contributed by atoms with Gasteiger partial charge in [0.15, 0.2) is 5.82 Å². The van der Waals surface area contributed by atoms with E-state index in [9.17, 15) is 4.79 Å². The second-order valence-corrected chi connectivity index (χ2v) is 8.28. The van der Waals surface area contributed by atoms with Crippen LogP contribution in [0.3, 0.4) is 0 Å². The number of para-hydroxylation sites is 1. The van der Waals surface area contributed by atoms with Gasteiger partial charge in [-0.05, 0) is 60.6 Å². The van der Waals surface area contributed by atoms with E-state index in [1.54, 1.807) is 0 Å². The normalized spacial score (nSPS) is 23.4. The molecule has 2 aliphatic rings. The van der Waals surface area contributed by atoms with E-state index < -0.39 is 0 Å². The first-order valence-electron chi connectivity index (χ1n) is 9.22. The van der Waals surface area contributed by atoms with Crippen LogP contribution >= 0.6 is 0 Å². The molecule has 2 atom stereocenters. The Balaban J connectivity index is 1.59. The number of tetrazole rings is 1. The number of carbonyl (C=O) groups is 1. The van der Waals surface area contributed by atoms with Crippen LogP contribution in [0.1, 0.15) is 46.6 Å². The lowest BCUT2D eigenvalue weighted by Gasteiger charge is -2.11. The lowest BCUT2D eigenvalue weighted by atomic mass is 10.1. The van der Waals surface area contributed by atoms with Gasteiger partial charge in [-0.15, -0.1) is 5.10 Å². The maximum atomic E-state index is 12.9. The van der Waals surface area contributed by atoms with Gasteiger partial charge in [-0.1, -0.05) is 37.6 Å². The number of hydrogen-bond donors (Lipinski definition) is 1. The van der Waals surface area contributed by atoms with Crippen LogP contribution in [0.4, 0.5) is 5.69 Å². The van der Waals surface area contributed by atoms with E-state index in [1.807, 2.05) is 28.9 Å². The molecule has 0 saturated heterocycles. The fourth-order valence-electron chi connectivity index (χ4n) is 3.78. The summed E-state index contributed by atoms with van der Waals surface area (Å²) in [5.74, 6) is 1.07. The van der Waals surface area contributed by atoms with Gasteiger partial charge in [0.1, 0.15) is 0 Å². The average molecular weight is 351 g/mol. The van der Waals surface area contributed by atoms with Gasteiger partial charge in [0.2, 0.25) is 5.91 Å². The summed E-state index contributed by atoms with van der Waals surface area (Å²) in [4.78, 5) is 12.9. The largest absolute Gasteiger partial charge is 0.325 e. The second-order valence-electron chi connectivity index (χ2n) is 8.28. The highest BCUT2D eigenvalue weighted by atomic mass is 16.2. The monoisotopic (exact) mass is 351 g/mol. The molecule has 1 aromatic heterocycles. The number of aromatic nitrogens is 4. The molecule has 136 valence electrons. The van der Waals surface area contributed by atoms with Crippen molar-refractivity contribution in [3.63, 3.8) is 0 Å². The summed E-state index contributed by atoms with van der Waals surface area (Å²) in [5.41, 5.74) is 2.89. The quantitative estimate of drug-likeness (QED) is 0.831. The Morgan fingerprint density at radius 2 is 2.00 bits per heavy atom. The third-order valence-electron chi connectivity index (χ3n) is 5.52. The van der Waals surface area contributed by atoms with Gasteiger partial charge in [0, 0.05) is 5.56 Å². The van der Waals surface area contributed by atoms with E-state index in [2.05, 4.69) is 54.6 Å². The molecular weight excluding hydrogens is 326 g/mol. The van der Waals surface area contributed by atoms with Crippen LogP contribution in [-0.4, -0.2) is 26.1 Å². The molecule has 2 saturated carbocycles. The van der Waals surface area contributed by atoms with Crippen molar-refractivity contribution in [2.24, 2.45) is 17.3 Å². The number of amides is 1. The molecule has 6 heteroatoms. The van der Waals surface area contributed by atoms with E-state index in [0.717, 1.165) is 29.9 Å². The number of carbonyl (C=O) groups excluding carboxylic acids is 1. The first-order valence-corrected chi connectivity index (χ1v) is 9.22. The molecule has 0 radical (unpaired) electrons. The molecule has 1 N–H and O–H groups in total. The van der Waals surface area contributed by atoms with Gasteiger partial charge >= 0.3 is 0 Å². The third kappa shape index (κ3) is 2.93. The Hall–Kier alpha value is -2.50. The maximum Gasteiger partial charge on any atom is 0.228 e. The zero-order valence-corrected chi connectivity index (χ0v) is 15.7. The van der Waals surface area contributed by atoms with Crippen molar-refractivity contribution < 1.29 is 4.79 Å². The van der Waals surface area contributed by atoms with E-state index in [4.69, 9.17) is 0 Å². The van der Waals surface area contributed by atoms with Crippen LogP contribution in [0.15, 0.2) is 35.9 Å². The Bertz CT molecular complexity index is 874. The Morgan fingerprint density at radius 1 is 1.27 bits per heavy atom. The number of allylic oxidation sites excluding steroid dienone is 2. The third-order valence-corrected chi connectivity index (χ3v) is 5.52. The molecule has 1 aromatic carbocycles. The Morgan fingerprint density at radius 3 is 2.69 bits per heavy atom. The van der Waals surface area contributed by atoms with Crippen LogP contribution < -0.4 is 5.32 Å². The average Bonchev–Trinajstić information content (AvgIpc) is 3.44. The number of hydrogen-bond acceptors (Lipinski definition) is 4. The topological polar surface area (TPSA) is 72.7 Å². The van der Waals surface area contributed by atoms with Gasteiger partial charge in [-0.25, -0.2) is 4.68 Å². The lowest BCUT2D eigenvalue weighted by molar-refractivity contribution is -0.118. The van der Waals surface area contributed by atoms with Crippen molar-refractivity contribution in [2.75, 3.05) is 5.32 Å². The second kappa shape index (κ2) is 6.04. The van der Waals surface area contributed by atoms with Crippen molar-refractivity contribution in [3.8, 4) is 11.4 Å². The zero-order chi connectivity index (χ0) is 18.5. The Kier molecular flexibility index (Phi) is 3.93. The molecule has 2 fully saturated rings. The van der Waals surface area contributed by atoms with E-state index in [0.29, 0.717) is 6.04 Å². The van der Waals surface area contributed by atoms with Gasteiger partial charge < -0.3 is 5.32 Å². The van der Waals surface area contributed by atoms with E-state index >= 15 is 0 Å². The predicted octanol–water partition coefficient (Wildman–Crippen LogP) is 3.85. The van der Waals surface area contributed by atoms with Crippen LogP contribution in [0, 0.1) is 17.3 Å². The number of rotatable bonds is 5. The minimum absolute atomic E-state index is 0.00805. The van der Waals surface area contributed by atoms with Crippen molar-refractivity contribution in [1.29, 1.82) is 0 Å². The molecule has 0 spiro atoms. The fourth-order valence-corrected chi connectivity index (χ4v) is 3.78. The van der Waals surface area contributed by atoms with Crippen molar-refractivity contribution in [3.05, 3.63) is 35.9 Å². The summed E-state index contributed by atoms with van der Waals surface area (Å²) in [6, 6.07) is 8.14. The number of nitrogens with one attached hydrogen (secondary N) is 1. The first-order chi connectivity index (χ1) is 12.4. The van der Waals surface area contributed by atoms with Crippen molar-refractivity contribution >= 4 is 11.6 Å². The van der Waals surface area contributed by atoms with Crippen LogP contribution in [0.25, 0.3) is 11.4 Å². The molecule has 2 aliphatic carbocycles. The molecule has 1 heterocycles. The molecule has 6 nitrogen and oxygen atoms in total. The van der Waals surface area contributed by atoms with Crippen LogP contribution in [0.2, 0.25) is 0 Å². The molecule has 1 amide bonds. The summed E-state index contributed by atoms with van der Waals surface area (Å²) in [6.07, 6.45) is 4.42. The highest BCUT2D eigenvalue weighted by molar-refractivity contribution is 5.98. The fraction of sp³-hybridized carbons (Fsp3) is 0.500. The summed E-state index contributed by atoms with van der Waals surface area (Å²) in [6.45, 7) is 8.47. The minimum atomic E-state index is -0.00937. The number of benzene rings is 1. The summed E-state index contributed by atoms with van der Waals surface area (Å²) in [5, 5.41) is 15.3. The smallest absolute Gasteiger partial charge is 0.228 e. The Labute approximate surface area is 153 Å². The van der Waals surface area contributed by atoms with Gasteiger partial charge in [0.05, 0.1) is 17.6 Å². The highest BCUT2D eigenvalue weighted by Crippen LogP contribution is 2.59. The summed E-state index contributed by atoms with van der Waals surface area (Å²) >= 11 is 0. The molecule has 2 unspecified atom stereocenters. The van der Waals surface area contributed by atoms with Gasteiger partial charge in [-0.3, -0.25) is 4.79 Å². The molecule has 0 aliphatic heterocycles. The molecule has 26 heavy (non-hydrogen) atoms. The number of nitrogens with zero attached hydrogens (tertiary/aromatic N) is 4. The molecule has 2 aromatic rings. The SMILES string of the molecule is CC(C)=CC1C(C(=O)Nc2ccccc2-c2nnnn2C2CC2)C1(C)C. The van der Waals surface area contributed by atoms with E-state index in [1.165, 1.54) is 5.57 Å². The van der Waals surface area contributed by atoms with Gasteiger partial charge in [0.25, 0.3) is 0 Å². The molecule has 4 rings (SSSR count). The van der Waals surface area contributed by atoms with Crippen molar-refractivity contribution in [2.45, 2.75) is 46.6 Å². The van der Waals surface area contributed by atoms with Gasteiger partial charge in [-0.2, -0.15) is 0 Å². The summed E-state index contributed by atoms with van der Waals surface area (Å²) in [7, 11) is 0. The zero-order valence-electron chi connectivity index (χ0n) is 15.7. The summed E-state index contributed by atoms with van der Waals surface area (Å²) < 4.78 is 1.87. The maximum absolute atomic E-state index is 12.9. The van der Waals surface area contributed by atoms with Crippen LogP contribution in [-0.2, 0) is 4.79 Å². The van der Waals surface area contributed by atoms with Crippen LogP contribution in [0.5, 0.6) is 0 Å². The molecular formula is C20H25N5O. The molecule has 0 bridgehead atoms. The number of anilines is 1. The standard InChI is InChI=1S/C20H25N5O/c1-12(2)11-15-17(20(15,3)4)19(26)21-16-8-6-5-7-14(16)18-22-23-24-25(18)13-9-10-13/h5-8,11,13,15,17H,9-10H2,1-4H3,(H,21,26). The first kappa shape index (κ1) is 16.9. The van der Waals surface area contributed by atoms with E-state index in [-0.39, 0.29) is 23.2 Å². The lowest BCUT2D eigenvalue weighted by Crippen LogP contribution is -2.17. The predicted molar refractivity (Wildman–Crippen MR) is 100 cm³/mol. The highest BCUT2D eigenvalue weighted by Gasteiger charge is 2.60.